The Morgan fingerprint density at radius 3 is 1.38 bits per heavy atom. The van der Waals surface area contributed by atoms with Gasteiger partial charge in [-0.3, -0.25) is 9.59 Å². The van der Waals surface area contributed by atoms with E-state index in [-0.39, 0.29) is 25.9 Å². The van der Waals surface area contributed by atoms with Crippen LogP contribution in [0.25, 0.3) is 0 Å². The van der Waals surface area contributed by atoms with E-state index in [0.717, 1.165) is 0 Å². The lowest BCUT2D eigenvalue weighted by Gasteiger charge is -2.12. The standard InChI is InChI=1S/C22H35NO11/c1-2-6-27-8-10-29-12-14-31-16-18-33-19-17-32-15-13-30-11-9-28-7-5-22(26)34-23-20(24)3-4-21(23)25/h1H,3-19H2. The molecule has 12 nitrogen and oxygen atoms in total. The van der Waals surface area contributed by atoms with Crippen molar-refractivity contribution in [3.8, 4) is 12.3 Å². The van der Waals surface area contributed by atoms with Gasteiger partial charge in [0.15, 0.2) is 0 Å². The van der Waals surface area contributed by atoms with Gasteiger partial charge in [-0.2, -0.15) is 0 Å². The molecular formula is C22H35NO11. The van der Waals surface area contributed by atoms with E-state index in [1.54, 1.807) is 0 Å². The molecule has 194 valence electrons. The Morgan fingerprint density at radius 2 is 1.00 bits per heavy atom. The highest BCUT2D eigenvalue weighted by Gasteiger charge is 2.32. The van der Waals surface area contributed by atoms with Crippen LogP contribution in [0.2, 0.25) is 0 Å². The molecular weight excluding hydrogens is 454 g/mol. The van der Waals surface area contributed by atoms with Gasteiger partial charge in [0, 0.05) is 12.8 Å². The Balaban J connectivity index is 1.72. The number of terminal acetylenes is 1. The van der Waals surface area contributed by atoms with Crippen LogP contribution >= 0.6 is 0 Å². The van der Waals surface area contributed by atoms with Crippen molar-refractivity contribution in [3.05, 3.63) is 0 Å². The fourth-order valence-corrected chi connectivity index (χ4v) is 2.41. The fourth-order valence-electron chi connectivity index (χ4n) is 2.41. The van der Waals surface area contributed by atoms with Crippen molar-refractivity contribution >= 4 is 17.8 Å². The fraction of sp³-hybridized carbons (Fsp3) is 0.773. The van der Waals surface area contributed by atoms with Crippen molar-refractivity contribution in [1.29, 1.82) is 0 Å². The Bertz CT molecular complexity index is 592. The third-order valence-corrected chi connectivity index (χ3v) is 4.07. The third-order valence-electron chi connectivity index (χ3n) is 4.07. The molecule has 0 aliphatic carbocycles. The van der Waals surface area contributed by atoms with Crippen LogP contribution in [0.15, 0.2) is 0 Å². The van der Waals surface area contributed by atoms with Crippen LogP contribution in [0.4, 0.5) is 0 Å². The van der Waals surface area contributed by atoms with Crippen molar-refractivity contribution in [2.24, 2.45) is 0 Å². The highest BCUT2D eigenvalue weighted by atomic mass is 16.7. The molecule has 1 saturated heterocycles. The molecule has 0 unspecified atom stereocenters. The van der Waals surface area contributed by atoms with Gasteiger partial charge in [0.1, 0.15) is 6.61 Å². The van der Waals surface area contributed by atoms with Crippen molar-refractivity contribution in [1.82, 2.24) is 5.06 Å². The van der Waals surface area contributed by atoms with Gasteiger partial charge in [-0.1, -0.05) is 5.92 Å². The number of rotatable bonds is 23. The zero-order chi connectivity index (χ0) is 24.7. The molecule has 0 N–H and O–H groups in total. The van der Waals surface area contributed by atoms with Crippen LogP contribution < -0.4 is 0 Å². The van der Waals surface area contributed by atoms with E-state index >= 15 is 0 Å². The zero-order valence-electron chi connectivity index (χ0n) is 19.5. The highest BCUT2D eigenvalue weighted by molar-refractivity contribution is 6.01. The molecule has 1 aliphatic rings. The van der Waals surface area contributed by atoms with Crippen molar-refractivity contribution < 1.29 is 52.4 Å². The van der Waals surface area contributed by atoms with Gasteiger partial charge < -0.3 is 38.0 Å². The minimum Gasteiger partial charge on any atom is -0.378 e. The summed E-state index contributed by atoms with van der Waals surface area (Å²) < 4.78 is 37.1. The number of imide groups is 1. The number of hydrogen-bond acceptors (Lipinski definition) is 11. The number of hydroxylamine groups is 2. The van der Waals surface area contributed by atoms with E-state index in [2.05, 4.69) is 5.92 Å². The van der Waals surface area contributed by atoms with Crippen molar-refractivity contribution in [3.63, 3.8) is 0 Å². The van der Waals surface area contributed by atoms with Gasteiger partial charge in [0.05, 0.1) is 92.3 Å². The van der Waals surface area contributed by atoms with E-state index in [1.165, 1.54) is 0 Å². The van der Waals surface area contributed by atoms with Crippen LogP contribution in [-0.4, -0.2) is 115 Å². The molecule has 0 aromatic heterocycles. The van der Waals surface area contributed by atoms with E-state index in [0.29, 0.717) is 91.0 Å². The minimum atomic E-state index is -0.695. The second-order valence-corrected chi connectivity index (χ2v) is 6.73. The predicted octanol–water partition coefficient (Wildman–Crippen LogP) is -0.267. The Kier molecular flexibility index (Phi) is 18.9. The van der Waals surface area contributed by atoms with E-state index in [1.807, 2.05) is 0 Å². The summed E-state index contributed by atoms with van der Waals surface area (Å²) in [6.45, 7) is 5.65. The van der Waals surface area contributed by atoms with Gasteiger partial charge in [0.2, 0.25) is 0 Å². The smallest absolute Gasteiger partial charge is 0.335 e. The number of carbonyl (C=O) groups excluding carboxylic acids is 3. The summed E-state index contributed by atoms with van der Waals surface area (Å²) in [5.41, 5.74) is 0. The number of nitrogens with zero attached hydrogens (tertiary/aromatic N) is 1. The van der Waals surface area contributed by atoms with Crippen molar-refractivity contribution in [2.45, 2.75) is 19.3 Å². The van der Waals surface area contributed by atoms with E-state index < -0.39 is 17.8 Å². The zero-order valence-corrected chi connectivity index (χ0v) is 19.5. The second-order valence-electron chi connectivity index (χ2n) is 6.73. The van der Waals surface area contributed by atoms with Gasteiger partial charge in [0.25, 0.3) is 11.8 Å². The molecule has 0 atom stereocenters. The van der Waals surface area contributed by atoms with Gasteiger partial charge in [-0.15, -0.1) is 11.5 Å². The normalized spacial score (nSPS) is 13.4. The maximum Gasteiger partial charge on any atom is 0.335 e. The molecule has 1 fully saturated rings. The predicted molar refractivity (Wildman–Crippen MR) is 116 cm³/mol. The number of carbonyl (C=O) groups is 3. The van der Waals surface area contributed by atoms with E-state index in [4.69, 9.17) is 44.4 Å². The molecule has 0 bridgehead atoms. The first kappa shape index (κ1) is 29.9. The Labute approximate surface area is 200 Å². The molecule has 1 rings (SSSR count). The summed E-state index contributed by atoms with van der Waals surface area (Å²) in [5, 5.41) is 0.518. The number of ether oxygens (including phenoxy) is 7. The van der Waals surface area contributed by atoms with Crippen LogP contribution in [0.1, 0.15) is 19.3 Å². The van der Waals surface area contributed by atoms with Crippen LogP contribution in [0.3, 0.4) is 0 Å². The molecule has 1 heterocycles. The van der Waals surface area contributed by atoms with E-state index in [9.17, 15) is 14.4 Å². The SMILES string of the molecule is C#CCOCCOCCOCCOCCOCCOCCOCCC(=O)ON1C(=O)CCC1=O. The molecule has 12 heteroatoms. The molecule has 34 heavy (non-hydrogen) atoms. The summed E-state index contributed by atoms with van der Waals surface area (Å²) in [5.74, 6) is 0.669. The molecule has 0 saturated carbocycles. The number of amides is 2. The second kappa shape index (κ2) is 21.4. The highest BCUT2D eigenvalue weighted by Crippen LogP contribution is 2.12. The van der Waals surface area contributed by atoms with Gasteiger partial charge in [-0.25, -0.2) is 4.79 Å². The monoisotopic (exact) mass is 489 g/mol. The summed E-state index contributed by atoms with van der Waals surface area (Å²) in [4.78, 5) is 39.0. The minimum absolute atomic E-state index is 0.0641. The van der Waals surface area contributed by atoms with Crippen LogP contribution in [0, 0.1) is 12.3 Å². The lowest BCUT2D eigenvalue weighted by molar-refractivity contribution is -0.198. The average molecular weight is 490 g/mol. The summed E-state index contributed by atoms with van der Waals surface area (Å²) in [6.07, 6.45) is 5.11. The van der Waals surface area contributed by atoms with Crippen molar-refractivity contribution in [2.75, 3.05) is 92.5 Å². The maximum absolute atomic E-state index is 11.6. The first-order valence-electron chi connectivity index (χ1n) is 11.2. The summed E-state index contributed by atoms with van der Waals surface area (Å²) in [6, 6.07) is 0. The lowest BCUT2D eigenvalue weighted by Crippen LogP contribution is -2.32. The number of hydrogen-bond donors (Lipinski definition) is 0. The molecule has 0 aromatic rings. The maximum atomic E-state index is 11.6. The van der Waals surface area contributed by atoms with Gasteiger partial charge in [-0.05, 0) is 0 Å². The molecule has 0 aromatic carbocycles. The van der Waals surface area contributed by atoms with Crippen LogP contribution in [-0.2, 0) is 52.4 Å². The first-order chi connectivity index (χ1) is 16.6. The lowest BCUT2D eigenvalue weighted by atomic mass is 10.4. The molecule has 2 amide bonds. The Hall–Kier alpha value is -2.11. The quantitative estimate of drug-likeness (QED) is 0.107. The van der Waals surface area contributed by atoms with Crippen LogP contribution in [0.5, 0.6) is 0 Å². The molecule has 0 radical (unpaired) electrons. The van der Waals surface area contributed by atoms with Gasteiger partial charge >= 0.3 is 5.97 Å². The first-order valence-corrected chi connectivity index (χ1v) is 11.2. The molecule has 1 aliphatic heterocycles. The topological polar surface area (TPSA) is 128 Å². The summed E-state index contributed by atoms with van der Waals surface area (Å²) >= 11 is 0. The average Bonchev–Trinajstić information content (AvgIpc) is 3.14. The summed E-state index contributed by atoms with van der Waals surface area (Å²) in [7, 11) is 0. The third kappa shape index (κ3) is 16.5. The largest absolute Gasteiger partial charge is 0.378 e. The molecule has 0 spiro atoms. The Morgan fingerprint density at radius 1 is 0.647 bits per heavy atom.